The van der Waals surface area contributed by atoms with Gasteiger partial charge in [0.05, 0.1) is 6.16 Å². The van der Waals surface area contributed by atoms with Crippen molar-refractivity contribution in [3.05, 3.63) is 12.7 Å². The lowest BCUT2D eigenvalue weighted by Gasteiger charge is -1.97. The van der Waals surface area contributed by atoms with E-state index in [0.717, 1.165) is 6.08 Å². The molecule has 0 rings (SSSR count). The maximum absolute atomic E-state index is 10.3. The van der Waals surface area contributed by atoms with Gasteiger partial charge in [0.15, 0.2) is 8.03 Å². The van der Waals surface area contributed by atoms with Crippen LogP contribution in [0.3, 0.4) is 0 Å². The fourth-order valence-corrected chi connectivity index (χ4v) is 0.575. The van der Waals surface area contributed by atoms with E-state index in [1.54, 1.807) is 0 Å². The van der Waals surface area contributed by atoms with Crippen molar-refractivity contribution >= 4 is 14.0 Å². The Morgan fingerprint density at radius 1 is 1.80 bits per heavy atom. The Hall–Kier alpha value is -0.600. The first-order valence-electron chi connectivity index (χ1n) is 2.68. The standard InChI is InChI=1S/C5H9O4P/c1-2-5(6)9-3-4-10(7)8/h2,10H,1,3-4H2,(H,7,8). The number of rotatable bonds is 4. The second-order valence-electron chi connectivity index (χ2n) is 1.52. The Morgan fingerprint density at radius 3 is 2.80 bits per heavy atom. The van der Waals surface area contributed by atoms with Gasteiger partial charge in [0.1, 0.15) is 6.61 Å². The van der Waals surface area contributed by atoms with Crippen LogP contribution < -0.4 is 0 Å². The summed E-state index contributed by atoms with van der Waals surface area (Å²) in [5, 5.41) is 0. The average Bonchev–Trinajstić information content (AvgIpc) is 1.87. The summed E-state index contributed by atoms with van der Waals surface area (Å²) < 4.78 is 14.4. The molecule has 0 bridgehead atoms. The van der Waals surface area contributed by atoms with Gasteiger partial charge in [0.2, 0.25) is 0 Å². The molecule has 0 aliphatic rings. The molecule has 0 fully saturated rings. The molecule has 0 saturated heterocycles. The zero-order valence-electron chi connectivity index (χ0n) is 5.37. The van der Waals surface area contributed by atoms with Gasteiger partial charge < -0.3 is 9.63 Å². The van der Waals surface area contributed by atoms with Crippen LogP contribution in [0, 0.1) is 0 Å². The molecule has 0 amide bonds. The van der Waals surface area contributed by atoms with Crippen LogP contribution in [0.1, 0.15) is 0 Å². The van der Waals surface area contributed by atoms with Crippen molar-refractivity contribution in [2.24, 2.45) is 0 Å². The first-order chi connectivity index (χ1) is 4.66. The normalized spacial score (nSPS) is 12.1. The summed E-state index contributed by atoms with van der Waals surface area (Å²) in [5.41, 5.74) is 0. The second kappa shape index (κ2) is 5.21. The number of ether oxygens (including phenoxy) is 1. The third-order valence-corrected chi connectivity index (χ3v) is 1.36. The maximum atomic E-state index is 10.3. The monoisotopic (exact) mass is 164 g/mol. The summed E-state index contributed by atoms with van der Waals surface area (Å²) in [6, 6.07) is 0. The highest BCUT2D eigenvalue weighted by Gasteiger charge is 1.96. The number of hydrogen-bond acceptors (Lipinski definition) is 3. The van der Waals surface area contributed by atoms with Gasteiger partial charge in [-0.05, 0) is 0 Å². The minimum absolute atomic E-state index is 0.0147. The molecule has 10 heavy (non-hydrogen) atoms. The van der Waals surface area contributed by atoms with Crippen LogP contribution in [0.4, 0.5) is 0 Å². The molecular weight excluding hydrogens is 155 g/mol. The van der Waals surface area contributed by atoms with Gasteiger partial charge in [-0.25, -0.2) is 4.79 Å². The molecule has 1 unspecified atom stereocenters. The van der Waals surface area contributed by atoms with Crippen molar-refractivity contribution in [3.8, 4) is 0 Å². The van der Waals surface area contributed by atoms with Crippen molar-refractivity contribution in [1.29, 1.82) is 0 Å². The Bertz CT molecular complexity index is 154. The molecule has 0 aliphatic heterocycles. The molecule has 1 atom stereocenters. The van der Waals surface area contributed by atoms with Crippen LogP contribution in [-0.2, 0) is 14.1 Å². The Kier molecular flexibility index (Phi) is 4.89. The first-order valence-corrected chi connectivity index (χ1v) is 4.24. The molecule has 0 heterocycles. The predicted octanol–water partition coefficient (Wildman–Crippen LogP) is 0.183. The summed E-state index contributed by atoms with van der Waals surface area (Å²) in [6.45, 7) is 3.14. The smallest absolute Gasteiger partial charge is 0.330 e. The largest absolute Gasteiger partial charge is 0.462 e. The van der Waals surface area contributed by atoms with Gasteiger partial charge in [-0.15, -0.1) is 0 Å². The molecule has 5 heteroatoms. The van der Waals surface area contributed by atoms with Crippen molar-refractivity contribution in [2.45, 2.75) is 0 Å². The molecule has 0 aliphatic carbocycles. The second-order valence-corrected chi connectivity index (χ2v) is 2.80. The summed E-state index contributed by atoms with van der Waals surface area (Å²) in [5.74, 6) is -0.566. The van der Waals surface area contributed by atoms with E-state index in [4.69, 9.17) is 4.89 Å². The summed E-state index contributed by atoms with van der Waals surface area (Å²) in [7, 11) is -2.50. The average molecular weight is 164 g/mol. The highest BCUT2D eigenvalue weighted by molar-refractivity contribution is 7.38. The molecule has 1 N–H and O–H groups in total. The van der Waals surface area contributed by atoms with Gasteiger partial charge in [0, 0.05) is 6.08 Å². The van der Waals surface area contributed by atoms with Crippen molar-refractivity contribution in [1.82, 2.24) is 0 Å². The van der Waals surface area contributed by atoms with Crippen LogP contribution >= 0.6 is 8.03 Å². The van der Waals surface area contributed by atoms with Crippen LogP contribution in [0.25, 0.3) is 0 Å². The Morgan fingerprint density at radius 2 is 2.40 bits per heavy atom. The highest BCUT2D eigenvalue weighted by Crippen LogP contribution is 2.10. The maximum Gasteiger partial charge on any atom is 0.330 e. The lowest BCUT2D eigenvalue weighted by molar-refractivity contribution is -0.137. The van der Waals surface area contributed by atoms with Gasteiger partial charge in [-0.3, -0.25) is 4.57 Å². The molecule has 0 spiro atoms. The van der Waals surface area contributed by atoms with Crippen molar-refractivity contribution < 1.29 is 19.0 Å². The summed E-state index contributed by atoms with van der Waals surface area (Å²) in [4.78, 5) is 18.5. The number of carbonyl (C=O) groups is 1. The van der Waals surface area contributed by atoms with Crippen LogP contribution in [0.15, 0.2) is 12.7 Å². The fraction of sp³-hybridized carbons (Fsp3) is 0.400. The molecule has 0 aromatic carbocycles. The van der Waals surface area contributed by atoms with E-state index in [1.807, 2.05) is 0 Å². The third-order valence-electron chi connectivity index (χ3n) is 0.727. The minimum Gasteiger partial charge on any atom is -0.462 e. The van der Waals surface area contributed by atoms with Gasteiger partial charge in [-0.2, -0.15) is 0 Å². The van der Waals surface area contributed by atoms with E-state index in [0.29, 0.717) is 0 Å². The minimum atomic E-state index is -2.50. The first kappa shape index (κ1) is 9.40. The van der Waals surface area contributed by atoms with Crippen LogP contribution in [-0.4, -0.2) is 23.6 Å². The Balaban J connectivity index is 3.28. The molecule has 0 aromatic heterocycles. The zero-order chi connectivity index (χ0) is 7.98. The quantitative estimate of drug-likeness (QED) is 0.365. The van der Waals surface area contributed by atoms with Crippen molar-refractivity contribution in [3.63, 3.8) is 0 Å². The molecule has 0 saturated carbocycles. The van der Waals surface area contributed by atoms with Gasteiger partial charge >= 0.3 is 5.97 Å². The predicted molar refractivity (Wildman–Crippen MR) is 37.2 cm³/mol. The van der Waals surface area contributed by atoms with Gasteiger partial charge in [0.25, 0.3) is 0 Å². The molecule has 4 nitrogen and oxygen atoms in total. The van der Waals surface area contributed by atoms with E-state index in [2.05, 4.69) is 11.3 Å². The van der Waals surface area contributed by atoms with Gasteiger partial charge in [-0.1, -0.05) is 6.58 Å². The number of carbonyl (C=O) groups excluding carboxylic acids is 1. The van der Waals surface area contributed by atoms with E-state index in [9.17, 15) is 9.36 Å². The van der Waals surface area contributed by atoms with Crippen LogP contribution in [0.2, 0.25) is 0 Å². The highest BCUT2D eigenvalue weighted by atomic mass is 31.1. The number of esters is 1. The lowest BCUT2D eigenvalue weighted by atomic mass is 10.6. The van der Waals surface area contributed by atoms with E-state index in [-0.39, 0.29) is 12.8 Å². The van der Waals surface area contributed by atoms with E-state index < -0.39 is 14.0 Å². The molecule has 0 radical (unpaired) electrons. The molecule has 0 aromatic rings. The Labute approximate surface area is 59.4 Å². The third kappa shape index (κ3) is 5.54. The zero-order valence-corrected chi connectivity index (χ0v) is 6.37. The summed E-state index contributed by atoms with van der Waals surface area (Å²) in [6.07, 6.45) is 1.03. The van der Waals surface area contributed by atoms with Crippen molar-refractivity contribution in [2.75, 3.05) is 12.8 Å². The summed E-state index contributed by atoms with van der Waals surface area (Å²) >= 11 is 0. The topological polar surface area (TPSA) is 63.6 Å². The molecular formula is C5H9O4P. The van der Waals surface area contributed by atoms with E-state index >= 15 is 0 Å². The van der Waals surface area contributed by atoms with E-state index in [1.165, 1.54) is 0 Å². The van der Waals surface area contributed by atoms with Crippen LogP contribution in [0.5, 0.6) is 0 Å². The fourth-order valence-electron chi connectivity index (χ4n) is 0.298. The lowest BCUT2D eigenvalue weighted by Crippen LogP contribution is -2.03. The SMILES string of the molecule is C=CC(=O)OCC[PH](=O)O. The number of hydrogen-bond donors (Lipinski definition) is 1. The molecule has 58 valence electrons.